The molecular weight excluding hydrogens is 240 g/mol. The molecule has 5 heteroatoms. The Bertz CT molecular complexity index is 635. The van der Waals surface area contributed by atoms with E-state index in [1.54, 1.807) is 6.20 Å². The van der Waals surface area contributed by atoms with Gasteiger partial charge in [0.15, 0.2) is 5.69 Å². The number of H-pyrrole nitrogens is 1. The quantitative estimate of drug-likeness (QED) is 0.752. The van der Waals surface area contributed by atoms with Gasteiger partial charge in [-0.05, 0) is 37.4 Å². The first-order valence-electron chi connectivity index (χ1n) is 6.77. The van der Waals surface area contributed by atoms with Gasteiger partial charge in [-0.2, -0.15) is 0 Å². The third-order valence-corrected chi connectivity index (χ3v) is 4.33. The summed E-state index contributed by atoms with van der Waals surface area (Å²) >= 11 is 0. The highest BCUT2D eigenvalue weighted by Gasteiger charge is 2.40. The first-order valence-corrected chi connectivity index (χ1v) is 6.77. The Labute approximate surface area is 110 Å². The summed E-state index contributed by atoms with van der Waals surface area (Å²) in [6.07, 6.45) is 5.79. The van der Waals surface area contributed by atoms with E-state index in [0.29, 0.717) is 11.7 Å². The van der Waals surface area contributed by atoms with Crippen LogP contribution in [0.2, 0.25) is 0 Å². The summed E-state index contributed by atoms with van der Waals surface area (Å²) in [4.78, 5) is 19.7. The molecule has 3 N–H and O–H groups in total. The number of amides is 1. The largest absolute Gasteiger partial charge is 0.359 e. The predicted molar refractivity (Wildman–Crippen MR) is 71.9 cm³/mol. The Hall–Kier alpha value is -1.88. The van der Waals surface area contributed by atoms with Crippen LogP contribution in [-0.2, 0) is 0 Å². The van der Waals surface area contributed by atoms with Crippen LogP contribution < -0.4 is 10.6 Å². The molecule has 1 saturated heterocycles. The van der Waals surface area contributed by atoms with Crippen molar-refractivity contribution in [2.24, 2.45) is 5.92 Å². The fraction of sp³-hybridized carbons (Fsp3) is 0.429. The average Bonchev–Trinajstić information content (AvgIpc) is 3.13. The number of carbonyl (C=O) groups is 1. The lowest BCUT2D eigenvalue weighted by molar-refractivity contribution is 0.0925. The average molecular weight is 256 g/mol. The number of nitrogens with one attached hydrogen (secondary N) is 3. The summed E-state index contributed by atoms with van der Waals surface area (Å²) in [5.74, 6) is 0.650. The number of aromatic amines is 1. The van der Waals surface area contributed by atoms with Gasteiger partial charge in [-0.1, -0.05) is 0 Å². The summed E-state index contributed by atoms with van der Waals surface area (Å²) in [6.45, 7) is 1.10. The predicted octanol–water partition coefficient (Wildman–Crippen LogP) is 1.04. The molecule has 0 aromatic carbocycles. The first-order chi connectivity index (χ1) is 9.31. The molecule has 2 aromatic heterocycles. The van der Waals surface area contributed by atoms with Crippen molar-refractivity contribution in [2.45, 2.75) is 24.9 Å². The number of piperidine rings is 1. The molecule has 98 valence electrons. The van der Waals surface area contributed by atoms with Crippen molar-refractivity contribution >= 4 is 16.8 Å². The van der Waals surface area contributed by atoms with Crippen LogP contribution in [0.3, 0.4) is 0 Å². The molecule has 2 bridgehead atoms. The zero-order valence-corrected chi connectivity index (χ0v) is 10.5. The topological polar surface area (TPSA) is 69.8 Å². The maximum absolute atomic E-state index is 12.4. The molecule has 1 aliphatic heterocycles. The molecule has 19 heavy (non-hydrogen) atoms. The molecular formula is C14H16N4O. The van der Waals surface area contributed by atoms with E-state index in [2.05, 4.69) is 20.6 Å². The van der Waals surface area contributed by atoms with Gasteiger partial charge in [0.05, 0.1) is 5.52 Å². The monoisotopic (exact) mass is 256 g/mol. The Balaban J connectivity index is 1.59. The van der Waals surface area contributed by atoms with E-state index in [1.807, 2.05) is 18.3 Å². The van der Waals surface area contributed by atoms with Crippen LogP contribution >= 0.6 is 0 Å². The van der Waals surface area contributed by atoms with Crippen molar-refractivity contribution in [1.82, 2.24) is 20.6 Å². The van der Waals surface area contributed by atoms with E-state index in [4.69, 9.17) is 0 Å². The normalized spacial score (nSPS) is 28.9. The molecule has 0 radical (unpaired) electrons. The van der Waals surface area contributed by atoms with Crippen molar-refractivity contribution in [3.63, 3.8) is 0 Å². The van der Waals surface area contributed by atoms with E-state index in [1.165, 1.54) is 6.42 Å². The number of nitrogens with zero attached hydrogens (tertiary/aromatic N) is 1. The lowest BCUT2D eigenvalue weighted by atomic mass is 10.1. The molecule has 1 saturated carbocycles. The summed E-state index contributed by atoms with van der Waals surface area (Å²) in [6, 6.07) is 4.55. The van der Waals surface area contributed by atoms with Gasteiger partial charge in [-0.3, -0.25) is 4.79 Å². The highest BCUT2D eigenvalue weighted by molar-refractivity contribution is 6.03. The minimum atomic E-state index is -0.0765. The molecule has 3 atom stereocenters. The molecule has 5 nitrogen and oxygen atoms in total. The Morgan fingerprint density at radius 2 is 2.32 bits per heavy atom. The SMILES string of the molecule is O=C(NC1CC2CNC1C2)c1nccc2cc[nH]c12. The third kappa shape index (κ3) is 1.73. The van der Waals surface area contributed by atoms with Crippen LogP contribution in [0.4, 0.5) is 0 Å². The van der Waals surface area contributed by atoms with E-state index < -0.39 is 0 Å². The van der Waals surface area contributed by atoms with Gasteiger partial charge in [0.2, 0.25) is 0 Å². The third-order valence-electron chi connectivity index (χ3n) is 4.33. The minimum absolute atomic E-state index is 0.0765. The second-order valence-electron chi connectivity index (χ2n) is 5.53. The number of carbonyl (C=O) groups excluding carboxylic acids is 1. The van der Waals surface area contributed by atoms with Crippen LogP contribution in [0.25, 0.3) is 10.9 Å². The molecule has 1 amide bonds. The smallest absolute Gasteiger partial charge is 0.272 e. The van der Waals surface area contributed by atoms with Crippen molar-refractivity contribution in [3.05, 3.63) is 30.2 Å². The number of hydrogen-bond acceptors (Lipinski definition) is 3. The Morgan fingerprint density at radius 3 is 3.11 bits per heavy atom. The van der Waals surface area contributed by atoms with Gasteiger partial charge in [0, 0.05) is 29.9 Å². The number of rotatable bonds is 2. The number of hydrogen-bond donors (Lipinski definition) is 3. The van der Waals surface area contributed by atoms with Crippen molar-refractivity contribution < 1.29 is 4.79 Å². The van der Waals surface area contributed by atoms with Gasteiger partial charge >= 0.3 is 0 Å². The summed E-state index contributed by atoms with van der Waals surface area (Å²) in [7, 11) is 0. The van der Waals surface area contributed by atoms with Crippen LogP contribution in [0.5, 0.6) is 0 Å². The second kappa shape index (κ2) is 4.06. The van der Waals surface area contributed by atoms with Gasteiger partial charge in [0.25, 0.3) is 5.91 Å². The van der Waals surface area contributed by atoms with Crippen molar-refractivity contribution in [1.29, 1.82) is 0 Å². The van der Waals surface area contributed by atoms with Crippen molar-refractivity contribution in [3.8, 4) is 0 Å². The molecule has 0 spiro atoms. The van der Waals surface area contributed by atoms with Gasteiger partial charge in [0.1, 0.15) is 0 Å². The summed E-state index contributed by atoms with van der Waals surface area (Å²) in [5.41, 5.74) is 1.31. The van der Waals surface area contributed by atoms with E-state index in [-0.39, 0.29) is 11.9 Å². The standard InChI is InChI=1S/C14H16N4O/c19-14(18-11-6-8-5-10(11)17-7-8)13-12-9(1-3-15-12)2-4-16-13/h1-4,8,10-11,15,17H,5-7H2,(H,18,19). The fourth-order valence-electron chi connectivity index (χ4n) is 3.40. The van der Waals surface area contributed by atoms with E-state index in [9.17, 15) is 4.79 Å². The Morgan fingerprint density at radius 1 is 1.37 bits per heavy atom. The number of aromatic nitrogens is 2. The maximum Gasteiger partial charge on any atom is 0.272 e. The molecule has 3 unspecified atom stereocenters. The van der Waals surface area contributed by atoms with Gasteiger partial charge in [-0.15, -0.1) is 0 Å². The van der Waals surface area contributed by atoms with Crippen LogP contribution in [0, 0.1) is 5.92 Å². The molecule has 2 fully saturated rings. The number of fused-ring (bicyclic) bond motifs is 3. The minimum Gasteiger partial charge on any atom is -0.359 e. The second-order valence-corrected chi connectivity index (χ2v) is 5.53. The maximum atomic E-state index is 12.4. The lowest BCUT2D eigenvalue weighted by Crippen LogP contribution is -2.48. The molecule has 2 aliphatic rings. The first kappa shape index (κ1) is 11.0. The summed E-state index contributed by atoms with van der Waals surface area (Å²) < 4.78 is 0. The Kier molecular flexibility index (Phi) is 2.35. The van der Waals surface area contributed by atoms with Crippen LogP contribution in [-0.4, -0.2) is 34.5 Å². The lowest BCUT2D eigenvalue weighted by Gasteiger charge is -2.23. The highest BCUT2D eigenvalue weighted by atomic mass is 16.2. The molecule has 3 heterocycles. The van der Waals surface area contributed by atoms with Crippen LogP contribution in [0.1, 0.15) is 23.3 Å². The summed E-state index contributed by atoms with van der Waals surface area (Å²) in [5, 5.41) is 7.60. The van der Waals surface area contributed by atoms with Gasteiger partial charge < -0.3 is 15.6 Å². The molecule has 4 rings (SSSR count). The molecule has 2 aromatic rings. The number of pyridine rings is 1. The van der Waals surface area contributed by atoms with E-state index >= 15 is 0 Å². The van der Waals surface area contributed by atoms with Crippen LogP contribution in [0.15, 0.2) is 24.5 Å². The highest BCUT2D eigenvalue weighted by Crippen LogP contribution is 2.31. The van der Waals surface area contributed by atoms with E-state index in [0.717, 1.165) is 29.8 Å². The van der Waals surface area contributed by atoms with Crippen molar-refractivity contribution in [2.75, 3.05) is 6.54 Å². The zero-order valence-electron chi connectivity index (χ0n) is 10.5. The van der Waals surface area contributed by atoms with Gasteiger partial charge in [-0.25, -0.2) is 4.98 Å². The fourth-order valence-corrected chi connectivity index (χ4v) is 3.40. The molecule has 1 aliphatic carbocycles. The zero-order chi connectivity index (χ0) is 12.8.